The summed E-state index contributed by atoms with van der Waals surface area (Å²) in [7, 11) is 0. The van der Waals surface area contributed by atoms with E-state index in [2.05, 4.69) is 10.6 Å². The molecule has 36 heavy (non-hydrogen) atoms. The lowest BCUT2D eigenvalue weighted by atomic mass is 10.0. The molecule has 0 fully saturated rings. The molecule has 3 aromatic carbocycles. The lowest BCUT2D eigenvalue weighted by molar-refractivity contribution is -0.115. The fourth-order valence-corrected chi connectivity index (χ4v) is 4.47. The Hall–Kier alpha value is -3.82. The number of carboxylic acids is 2. The van der Waals surface area contributed by atoms with Gasteiger partial charge in [0.2, 0.25) is 5.91 Å². The third-order valence-corrected chi connectivity index (χ3v) is 6.98. The number of carbonyl (C=O) groups is 4. The number of aromatic carboxylic acids is 2. The van der Waals surface area contributed by atoms with Gasteiger partial charge in [-0.2, -0.15) is 0 Å². The summed E-state index contributed by atoms with van der Waals surface area (Å²) in [5.74, 6) is -3.61. The van der Waals surface area contributed by atoms with Gasteiger partial charge >= 0.3 is 11.9 Å². The molecule has 0 saturated carbocycles. The van der Waals surface area contributed by atoms with Crippen LogP contribution in [-0.4, -0.2) is 39.2 Å². The van der Waals surface area contributed by atoms with Gasteiger partial charge in [-0.15, -0.1) is 11.8 Å². The van der Waals surface area contributed by atoms with Crippen LogP contribution in [0, 0.1) is 6.92 Å². The second-order valence-electron chi connectivity index (χ2n) is 7.82. The summed E-state index contributed by atoms with van der Waals surface area (Å²) in [6, 6.07) is 15.4. The molecule has 8 nitrogen and oxygen atoms in total. The maximum Gasteiger partial charge on any atom is 0.336 e. The molecule has 4 N–H and O–H groups in total. The van der Waals surface area contributed by atoms with E-state index in [4.69, 9.17) is 16.7 Å². The maximum absolute atomic E-state index is 12.8. The molecule has 0 aliphatic rings. The summed E-state index contributed by atoms with van der Waals surface area (Å²) in [5, 5.41) is 24.2. The second-order valence-corrected chi connectivity index (χ2v) is 9.50. The monoisotopic (exact) mass is 526 g/mol. The van der Waals surface area contributed by atoms with Crippen molar-refractivity contribution >= 4 is 58.5 Å². The molecule has 1 atom stereocenters. The molecular weight excluding hydrogens is 504 g/mol. The van der Waals surface area contributed by atoms with Crippen molar-refractivity contribution in [3.63, 3.8) is 0 Å². The molecule has 0 radical (unpaired) electrons. The van der Waals surface area contributed by atoms with Crippen molar-refractivity contribution < 1.29 is 29.4 Å². The molecule has 0 heterocycles. The number of thioether (sulfide) groups is 1. The Morgan fingerprint density at radius 2 is 1.61 bits per heavy atom. The van der Waals surface area contributed by atoms with E-state index in [-0.39, 0.29) is 17.0 Å². The Bertz CT molecular complexity index is 1340. The van der Waals surface area contributed by atoms with Crippen LogP contribution in [0.25, 0.3) is 0 Å². The normalized spacial score (nSPS) is 11.4. The van der Waals surface area contributed by atoms with E-state index in [0.717, 1.165) is 22.6 Å². The molecule has 0 bridgehead atoms. The SMILES string of the molecule is CCC(Sc1cccc(NC(=O)c2ccc(C(=O)O)cc2C(=O)O)c1)C(=O)Nc1ccc(C)c(Cl)c1. The topological polar surface area (TPSA) is 133 Å². The maximum atomic E-state index is 12.8. The van der Waals surface area contributed by atoms with E-state index in [1.807, 2.05) is 19.9 Å². The summed E-state index contributed by atoms with van der Waals surface area (Å²) in [6.45, 7) is 3.76. The molecule has 0 aliphatic carbocycles. The minimum Gasteiger partial charge on any atom is -0.478 e. The molecular formula is C26H23ClN2O6S. The van der Waals surface area contributed by atoms with Crippen molar-refractivity contribution in [1.29, 1.82) is 0 Å². The van der Waals surface area contributed by atoms with Gasteiger partial charge in [-0.1, -0.05) is 30.7 Å². The number of amides is 2. The van der Waals surface area contributed by atoms with Gasteiger partial charge in [0.15, 0.2) is 0 Å². The van der Waals surface area contributed by atoms with Crippen molar-refractivity contribution in [1.82, 2.24) is 0 Å². The number of nitrogens with one attached hydrogen (secondary N) is 2. The van der Waals surface area contributed by atoms with Gasteiger partial charge in [0.25, 0.3) is 5.91 Å². The predicted octanol–water partition coefficient (Wildman–Crippen LogP) is 5.81. The number of carboxylic acid groups (broad SMARTS) is 2. The molecule has 3 aromatic rings. The van der Waals surface area contributed by atoms with Gasteiger partial charge in [-0.25, -0.2) is 9.59 Å². The number of rotatable bonds is 9. The van der Waals surface area contributed by atoms with E-state index in [1.165, 1.54) is 17.8 Å². The van der Waals surface area contributed by atoms with Crippen LogP contribution in [0.3, 0.4) is 0 Å². The van der Waals surface area contributed by atoms with Crippen LogP contribution in [0.15, 0.2) is 65.6 Å². The Morgan fingerprint density at radius 3 is 2.25 bits per heavy atom. The van der Waals surface area contributed by atoms with Crippen molar-refractivity contribution in [2.45, 2.75) is 30.4 Å². The standard InChI is InChI=1S/C26H23ClN2O6S/c1-3-22(24(31)29-17-9-7-14(2)21(27)13-17)36-18-6-4-5-16(12-18)28-23(30)19-10-8-15(25(32)33)11-20(19)26(34)35/h4-13,22H,3H2,1-2H3,(H,28,30)(H,29,31)(H,32,33)(H,34,35). The number of aryl methyl sites for hydroxylation is 1. The number of hydrogen-bond donors (Lipinski definition) is 4. The third kappa shape index (κ3) is 6.65. The number of carbonyl (C=O) groups excluding carboxylic acids is 2. The first kappa shape index (κ1) is 26.8. The highest BCUT2D eigenvalue weighted by atomic mass is 35.5. The lowest BCUT2D eigenvalue weighted by Crippen LogP contribution is -2.24. The lowest BCUT2D eigenvalue weighted by Gasteiger charge is -2.16. The highest BCUT2D eigenvalue weighted by Crippen LogP contribution is 2.29. The summed E-state index contributed by atoms with van der Waals surface area (Å²) < 4.78 is 0. The Balaban J connectivity index is 1.74. The highest BCUT2D eigenvalue weighted by Gasteiger charge is 2.21. The molecule has 0 aliphatic heterocycles. The largest absolute Gasteiger partial charge is 0.478 e. The molecule has 0 spiro atoms. The fraction of sp³-hybridized carbons (Fsp3) is 0.154. The van der Waals surface area contributed by atoms with Gasteiger partial charge in [0.1, 0.15) is 0 Å². The summed E-state index contributed by atoms with van der Waals surface area (Å²) in [6.07, 6.45) is 0.546. The second kappa shape index (κ2) is 11.7. The number of halogens is 1. The molecule has 186 valence electrons. The average molecular weight is 527 g/mol. The van der Waals surface area contributed by atoms with Crippen LogP contribution in [0.4, 0.5) is 11.4 Å². The summed E-state index contributed by atoms with van der Waals surface area (Å²) >= 11 is 7.46. The van der Waals surface area contributed by atoms with Gasteiger partial charge in [-0.3, -0.25) is 9.59 Å². The van der Waals surface area contributed by atoms with Crippen LogP contribution in [0.1, 0.15) is 50.0 Å². The van der Waals surface area contributed by atoms with Gasteiger partial charge in [0.05, 0.1) is 21.9 Å². The summed E-state index contributed by atoms with van der Waals surface area (Å²) in [4.78, 5) is 49.0. The van der Waals surface area contributed by atoms with E-state index in [0.29, 0.717) is 22.8 Å². The first-order valence-corrected chi connectivity index (χ1v) is 12.1. The molecule has 0 saturated heterocycles. The van der Waals surface area contributed by atoms with Crippen molar-refractivity contribution in [2.75, 3.05) is 10.6 Å². The Kier molecular flexibility index (Phi) is 8.73. The summed E-state index contributed by atoms with van der Waals surface area (Å²) in [5.41, 5.74) is 1.07. The van der Waals surface area contributed by atoms with Crippen LogP contribution in [-0.2, 0) is 4.79 Å². The minimum absolute atomic E-state index is 0.173. The van der Waals surface area contributed by atoms with Crippen LogP contribution in [0.5, 0.6) is 0 Å². The molecule has 2 amide bonds. The smallest absolute Gasteiger partial charge is 0.336 e. The van der Waals surface area contributed by atoms with Crippen molar-refractivity contribution in [3.8, 4) is 0 Å². The molecule has 1 unspecified atom stereocenters. The Labute approximate surface area is 216 Å². The first-order valence-electron chi connectivity index (χ1n) is 10.8. The minimum atomic E-state index is -1.42. The highest BCUT2D eigenvalue weighted by molar-refractivity contribution is 8.00. The number of hydrogen-bond acceptors (Lipinski definition) is 5. The third-order valence-electron chi connectivity index (χ3n) is 5.21. The zero-order valence-electron chi connectivity index (χ0n) is 19.4. The molecule has 0 aromatic heterocycles. The van der Waals surface area contributed by atoms with Gasteiger partial charge in [0, 0.05) is 21.3 Å². The zero-order valence-corrected chi connectivity index (χ0v) is 20.9. The zero-order chi connectivity index (χ0) is 26.4. The average Bonchev–Trinajstić information content (AvgIpc) is 2.84. The number of anilines is 2. The number of benzene rings is 3. The van der Waals surface area contributed by atoms with E-state index in [1.54, 1.807) is 36.4 Å². The van der Waals surface area contributed by atoms with Gasteiger partial charge < -0.3 is 20.8 Å². The van der Waals surface area contributed by atoms with Gasteiger partial charge in [-0.05, 0) is 67.4 Å². The Morgan fingerprint density at radius 1 is 0.889 bits per heavy atom. The van der Waals surface area contributed by atoms with Crippen LogP contribution in [0.2, 0.25) is 5.02 Å². The molecule has 3 rings (SSSR count). The van der Waals surface area contributed by atoms with E-state index >= 15 is 0 Å². The van der Waals surface area contributed by atoms with Crippen LogP contribution >= 0.6 is 23.4 Å². The van der Waals surface area contributed by atoms with E-state index < -0.39 is 28.7 Å². The quantitative estimate of drug-likeness (QED) is 0.259. The van der Waals surface area contributed by atoms with Crippen molar-refractivity contribution in [3.05, 3.63) is 87.9 Å². The van der Waals surface area contributed by atoms with Crippen LogP contribution < -0.4 is 10.6 Å². The fourth-order valence-electron chi connectivity index (χ4n) is 3.28. The molecule has 10 heteroatoms. The van der Waals surface area contributed by atoms with E-state index in [9.17, 15) is 24.3 Å². The predicted molar refractivity (Wildman–Crippen MR) is 140 cm³/mol. The van der Waals surface area contributed by atoms with Crippen molar-refractivity contribution in [2.24, 2.45) is 0 Å². The first-order chi connectivity index (χ1) is 17.1.